The fourth-order valence-corrected chi connectivity index (χ4v) is 4.06. The van der Waals surface area contributed by atoms with Crippen LogP contribution in [0.25, 0.3) is 10.2 Å². The third kappa shape index (κ3) is 4.64. The number of hydrogen-bond donors (Lipinski definition) is 1. The van der Waals surface area contributed by atoms with Crippen molar-refractivity contribution in [1.29, 1.82) is 0 Å². The van der Waals surface area contributed by atoms with Crippen molar-refractivity contribution in [3.8, 4) is 5.75 Å². The van der Waals surface area contributed by atoms with E-state index in [9.17, 15) is 26.4 Å². The average molecular weight is 419 g/mol. The van der Waals surface area contributed by atoms with Crippen molar-refractivity contribution in [3.63, 3.8) is 0 Å². The van der Waals surface area contributed by atoms with E-state index < -0.39 is 22.1 Å². The number of benzene rings is 1. The minimum Gasteiger partial charge on any atom is -0.406 e. The van der Waals surface area contributed by atoms with Gasteiger partial charge in [0.2, 0.25) is 10.0 Å². The molecular weight excluding hydrogens is 407 g/mol. The van der Waals surface area contributed by atoms with Crippen LogP contribution in [-0.4, -0.2) is 30.9 Å². The van der Waals surface area contributed by atoms with Crippen molar-refractivity contribution in [3.05, 3.63) is 52.4 Å². The molecule has 2 aromatic heterocycles. The van der Waals surface area contributed by atoms with E-state index in [1.807, 2.05) is 0 Å². The number of fused-ring (bicyclic) bond motifs is 1. The van der Waals surface area contributed by atoms with Crippen molar-refractivity contribution >= 4 is 31.6 Å². The quantitative estimate of drug-likeness (QED) is 0.662. The second-order valence-corrected chi connectivity index (χ2v) is 7.98. The van der Waals surface area contributed by atoms with Crippen molar-refractivity contribution in [2.24, 2.45) is 0 Å². The number of thiophene rings is 1. The monoisotopic (exact) mass is 419 g/mol. The molecule has 27 heavy (non-hydrogen) atoms. The molecule has 0 saturated carbocycles. The number of nitrogens with one attached hydrogen (secondary N) is 1. The highest BCUT2D eigenvalue weighted by Gasteiger charge is 2.31. The predicted octanol–water partition coefficient (Wildman–Crippen LogP) is 2.34. The van der Waals surface area contributed by atoms with E-state index in [2.05, 4.69) is 14.4 Å². The molecule has 0 amide bonds. The minimum absolute atomic E-state index is 0.0498. The standard InChI is InChI=1S/C15H12F3N3O4S2/c16-15(17,18)25-10-1-3-11(4-2-10)27(23,24)20-6-7-21-9-19-12-5-8-26-13(12)14(21)22/h1-5,8-9,20H,6-7H2. The first-order chi connectivity index (χ1) is 12.7. The lowest BCUT2D eigenvalue weighted by Crippen LogP contribution is -2.30. The maximum Gasteiger partial charge on any atom is 0.573 e. The first-order valence-corrected chi connectivity index (χ1v) is 9.80. The Hall–Kier alpha value is -2.44. The molecule has 0 bridgehead atoms. The summed E-state index contributed by atoms with van der Waals surface area (Å²) >= 11 is 1.24. The molecule has 0 aliphatic rings. The molecule has 1 N–H and O–H groups in total. The second-order valence-electron chi connectivity index (χ2n) is 5.30. The molecule has 0 saturated heterocycles. The first kappa shape index (κ1) is 19.3. The zero-order chi connectivity index (χ0) is 19.7. The topological polar surface area (TPSA) is 90.3 Å². The zero-order valence-corrected chi connectivity index (χ0v) is 15.1. The van der Waals surface area contributed by atoms with Crippen LogP contribution in [-0.2, 0) is 16.6 Å². The molecule has 3 rings (SSSR count). The van der Waals surface area contributed by atoms with Crippen LogP contribution in [0.3, 0.4) is 0 Å². The fraction of sp³-hybridized carbons (Fsp3) is 0.200. The SMILES string of the molecule is O=c1c2sccc2ncn1CCNS(=O)(=O)c1ccc(OC(F)(F)F)cc1. The molecule has 2 heterocycles. The summed E-state index contributed by atoms with van der Waals surface area (Å²) in [7, 11) is -3.96. The van der Waals surface area contributed by atoms with E-state index in [1.165, 1.54) is 22.2 Å². The van der Waals surface area contributed by atoms with Gasteiger partial charge in [-0.1, -0.05) is 0 Å². The largest absolute Gasteiger partial charge is 0.573 e. The zero-order valence-electron chi connectivity index (χ0n) is 13.4. The number of halogens is 3. The van der Waals surface area contributed by atoms with E-state index in [-0.39, 0.29) is 23.5 Å². The Morgan fingerprint density at radius 2 is 1.89 bits per heavy atom. The highest BCUT2D eigenvalue weighted by Crippen LogP contribution is 2.23. The summed E-state index contributed by atoms with van der Waals surface area (Å²) in [5.41, 5.74) is 0.297. The summed E-state index contributed by atoms with van der Waals surface area (Å²) in [6, 6.07) is 5.51. The van der Waals surface area contributed by atoms with Gasteiger partial charge in [0.1, 0.15) is 10.4 Å². The summed E-state index contributed by atoms with van der Waals surface area (Å²) in [5.74, 6) is -0.525. The molecular formula is C15H12F3N3O4S2. The van der Waals surface area contributed by atoms with Crippen LogP contribution in [0.15, 0.2) is 51.7 Å². The lowest BCUT2D eigenvalue weighted by Gasteiger charge is -2.10. The fourth-order valence-electron chi connectivity index (χ4n) is 2.24. The average Bonchev–Trinajstić information content (AvgIpc) is 3.05. The molecule has 0 spiro atoms. The Morgan fingerprint density at radius 1 is 1.19 bits per heavy atom. The number of alkyl halides is 3. The minimum atomic E-state index is -4.86. The summed E-state index contributed by atoms with van der Waals surface area (Å²) in [6.45, 7) is -0.0459. The van der Waals surface area contributed by atoms with Crippen LogP contribution in [0.5, 0.6) is 5.75 Å². The number of nitrogens with zero attached hydrogens (tertiary/aromatic N) is 2. The Morgan fingerprint density at radius 3 is 2.56 bits per heavy atom. The van der Waals surface area contributed by atoms with Gasteiger partial charge in [-0.05, 0) is 35.7 Å². The number of hydrogen-bond acceptors (Lipinski definition) is 6. The van der Waals surface area contributed by atoms with E-state index >= 15 is 0 Å². The highest BCUT2D eigenvalue weighted by atomic mass is 32.2. The number of rotatable bonds is 6. The molecule has 12 heteroatoms. The van der Waals surface area contributed by atoms with Gasteiger partial charge in [0.05, 0.1) is 16.7 Å². The smallest absolute Gasteiger partial charge is 0.406 e. The van der Waals surface area contributed by atoms with E-state index in [4.69, 9.17) is 0 Å². The van der Waals surface area contributed by atoms with Crippen molar-refractivity contribution in [1.82, 2.24) is 14.3 Å². The van der Waals surface area contributed by atoms with Crippen LogP contribution in [0, 0.1) is 0 Å². The van der Waals surface area contributed by atoms with E-state index in [1.54, 1.807) is 11.4 Å². The molecule has 0 aliphatic carbocycles. The van der Waals surface area contributed by atoms with Gasteiger partial charge < -0.3 is 4.74 Å². The van der Waals surface area contributed by atoms with Crippen molar-refractivity contribution in [2.45, 2.75) is 17.8 Å². The Bertz CT molecular complexity index is 1110. The van der Waals surface area contributed by atoms with Crippen molar-refractivity contribution in [2.75, 3.05) is 6.54 Å². The Kier molecular flexibility index (Phi) is 5.22. The van der Waals surface area contributed by atoms with Crippen LogP contribution < -0.4 is 15.0 Å². The van der Waals surface area contributed by atoms with Gasteiger partial charge in [-0.3, -0.25) is 9.36 Å². The van der Waals surface area contributed by atoms with Gasteiger partial charge in [-0.15, -0.1) is 24.5 Å². The summed E-state index contributed by atoms with van der Waals surface area (Å²) < 4.78 is 68.5. The summed E-state index contributed by atoms with van der Waals surface area (Å²) in [5, 5.41) is 1.73. The molecule has 3 aromatic rings. The van der Waals surface area contributed by atoms with Crippen molar-refractivity contribution < 1.29 is 26.3 Å². The lowest BCUT2D eigenvalue weighted by atomic mass is 10.3. The van der Waals surface area contributed by atoms with Gasteiger partial charge in [0.25, 0.3) is 5.56 Å². The van der Waals surface area contributed by atoms with Gasteiger partial charge in [-0.2, -0.15) is 0 Å². The maximum absolute atomic E-state index is 12.2. The molecule has 1 aromatic carbocycles. The molecule has 7 nitrogen and oxygen atoms in total. The van der Waals surface area contributed by atoms with Crippen LogP contribution in [0.2, 0.25) is 0 Å². The van der Waals surface area contributed by atoms with Crippen LogP contribution >= 0.6 is 11.3 Å². The highest BCUT2D eigenvalue weighted by molar-refractivity contribution is 7.89. The Balaban J connectivity index is 1.66. The van der Waals surface area contributed by atoms with E-state index in [0.717, 1.165) is 24.3 Å². The third-order valence-corrected chi connectivity index (χ3v) is 5.82. The third-order valence-electron chi connectivity index (χ3n) is 3.45. The number of aromatic nitrogens is 2. The normalized spacial score (nSPS) is 12.4. The van der Waals surface area contributed by atoms with Gasteiger partial charge in [-0.25, -0.2) is 18.1 Å². The number of sulfonamides is 1. The summed E-state index contributed by atoms with van der Waals surface area (Å²) in [6.07, 6.45) is -3.53. The van der Waals surface area contributed by atoms with Crippen LogP contribution in [0.1, 0.15) is 0 Å². The van der Waals surface area contributed by atoms with Crippen LogP contribution in [0.4, 0.5) is 13.2 Å². The molecule has 0 unspecified atom stereocenters. The molecule has 0 aliphatic heterocycles. The van der Waals surface area contributed by atoms with Gasteiger partial charge in [0.15, 0.2) is 0 Å². The van der Waals surface area contributed by atoms with Gasteiger partial charge in [0, 0.05) is 13.1 Å². The maximum atomic E-state index is 12.2. The van der Waals surface area contributed by atoms with Gasteiger partial charge >= 0.3 is 6.36 Å². The predicted molar refractivity (Wildman–Crippen MR) is 92.2 cm³/mol. The second kappa shape index (κ2) is 7.29. The summed E-state index contributed by atoms with van der Waals surface area (Å²) in [4.78, 5) is 16.1. The molecule has 0 atom stereocenters. The lowest BCUT2D eigenvalue weighted by molar-refractivity contribution is -0.274. The first-order valence-electron chi connectivity index (χ1n) is 7.44. The molecule has 0 fully saturated rings. The number of ether oxygens (including phenoxy) is 1. The molecule has 0 radical (unpaired) electrons. The molecule has 144 valence electrons. The van der Waals surface area contributed by atoms with E-state index in [0.29, 0.717) is 10.2 Å². The Labute approximate surface area is 155 Å².